The number of pyridine rings is 1. The van der Waals surface area contributed by atoms with E-state index in [4.69, 9.17) is 16.7 Å². The van der Waals surface area contributed by atoms with Crippen LogP contribution >= 0.6 is 11.6 Å². The van der Waals surface area contributed by atoms with Crippen molar-refractivity contribution in [1.82, 2.24) is 4.98 Å². The Hall–Kier alpha value is -1.01. The van der Waals surface area contributed by atoms with Gasteiger partial charge in [0.05, 0.1) is 10.6 Å². The predicted molar refractivity (Wildman–Crippen MR) is 68.4 cm³/mol. The van der Waals surface area contributed by atoms with Crippen LogP contribution in [0, 0.1) is 0 Å². The molecule has 3 nitrogen and oxygen atoms in total. The van der Waals surface area contributed by atoms with E-state index in [1.165, 1.54) is 0 Å². The molecule has 0 aromatic carbocycles. The molecule has 0 atom stereocenters. The van der Waals surface area contributed by atoms with E-state index in [0.29, 0.717) is 18.8 Å². The minimum absolute atomic E-state index is 0.00146. The molecule has 1 heterocycles. The Kier molecular flexibility index (Phi) is 5.43. The van der Waals surface area contributed by atoms with Crippen molar-refractivity contribution >= 4 is 17.4 Å². The van der Waals surface area contributed by atoms with Gasteiger partial charge in [-0.1, -0.05) is 11.6 Å². The van der Waals surface area contributed by atoms with Crippen molar-refractivity contribution in [3.8, 4) is 0 Å². The number of aliphatic hydroxyl groups excluding tert-OH is 1. The van der Waals surface area contributed by atoms with Crippen molar-refractivity contribution in [3.05, 3.63) is 22.8 Å². The first-order valence-corrected chi connectivity index (χ1v) is 6.25. The Morgan fingerprint density at radius 2 is 2.05 bits per heavy atom. The lowest BCUT2D eigenvalue weighted by Crippen LogP contribution is -2.33. The molecule has 0 radical (unpaired) electrons. The van der Waals surface area contributed by atoms with Gasteiger partial charge in [-0.2, -0.15) is 13.2 Å². The smallest absolute Gasteiger partial charge is 0.396 e. The Balaban J connectivity index is 3.05. The van der Waals surface area contributed by atoms with Crippen molar-refractivity contribution in [2.24, 2.45) is 0 Å². The predicted octanol–water partition coefficient (Wildman–Crippen LogP) is 3.35. The number of halogens is 4. The summed E-state index contributed by atoms with van der Waals surface area (Å²) in [6.45, 7) is 4.24. The molecule has 0 saturated carbocycles. The minimum Gasteiger partial charge on any atom is -0.396 e. The molecule has 1 N–H and O–H groups in total. The van der Waals surface area contributed by atoms with Crippen molar-refractivity contribution in [3.63, 3.8) is 0 Å². The number of anilines is 1. The Bertz CT molecular complexity index is 424. The van der Waals surface area contributed by atoms with E-state index in [2.05, 4.69) is 4.98 Å². The highest BCUT2D eigenvalue weighted by Crippen LogP contribution is 2.33. The molecule has 7 heteroatoms. The maximum Gasteiger partial charge on any atom is 0.417 e. The Morgan fingerprint density at radius 3 is 2.47 bits per heavy atom. The van der Waals surface area contributed by atoms with E-state index in [0.717, 1.165) is 12.3 Å². The van der Waals surface area contributed by atoms with E-state index in [1.54, 1.807) is 4.90 Å². The van der Waals surface area contributed by atoms with Gasteiger partial charge in [-0.15, -0.1) is 0 Å². The zero-order valence-corrected chi connectivity index (χ0v) is 11.5. The van der Waals surface area contributed by atoms with Crippen LogP contribution in [0.2, 0.25) is 5.02 Å². The quantitative estimate of drug-likeness (QED) is 0.905. The monoisotopic (exact) mass is 296 g/mol. The second-order valence-electron chi connectivity index (χ2n) is 4.39. The number of aliphatic hydroxyl groups is 1. The summed E-state index contributed by atoms with van der Waals surface area (Å²) in [5.74, 6) is 0.304. The SMILES string of the molecule is CC(C)N(CCCO)c1ncc(C(F)(F)F)cc1Cl. The lowest BCUT2D eigenvalue weighted by molar-refractivity contribution is -0.137. The molecular weight excluding hydrogens is 281 g/mol. The fourth-order valence-corrected chi connectivity index (χ4v) is 1.92. The van der Waals surface area contributed by atoms with Crippen LogP contribution in [0.5, 0.6) is 0 Å². The highest BCUT2D eigenvalue weighted by Gasteiger charge is 2.32. The van der Waals surface area contributed by atoms with Gasteiger partial charge in [-0.25, -0.2) is 4.98 Å². The Morgan fingerprint density at radius 1 is 1.42 bits per heavy atom. The molecule has 0 amide bonds. The molecule has 1 rings (SSSR count). The third-order valence-corrected chi connectivity index (χ3v) is 2.88. The minimum atomic E-state index is -4.46. The summed E-state index contributed by atoms with van der Waals surface area (Å²) in [5.41, 5.74) is -0.868. The molecule has 0 aliphatic heterocycles. The van der Waals surface area contributed by atoms with Gasteiger partial charge < -0.3 is 10.0 Å². The number of aromatic nitrogens is 1. The maximum atomic E-state index is 12.5. The highest BCUT2D eigenvalue weighted by molar-refractivity contribution is 6.33. The largest absolute Gasteiger partial charge is 0.417 e. The average molecular weight is 297 g/mol. The van der Waals surface area contributed by atoms with E-state index in [9.17, 15) is 13.2 Å². The fraction of sp³-hybridized carbons (Fsp3) is 0.583. The van der Waals surface area contributed by atoms with Crippen LogP contribution in [0.25, 0.3) is 0 Å². The standard InChI is InChI=1S/C12H16ClF3N2O/c1-8(2)18(4-3-5-19)11-10(13)6-9(7-17-11)12(14,15)16/h6-8,19H,3-5H2,1-2H3. The number of alkyl halides is 3. The molecule has 0 spiro atoms. The number of nitrogens with zero attached hydrogens (tertiary/aromatic N) is 2. The van der Waals surface area contributed by atoms with Crippen molar-refractivity contribution < 1.29 is 18.3 Å². The topological polar surface area (TPSA) is 36.4 Å². The zero-order chi connectivity index (χ0) is 14.6. The van der Waals surface area contributed by atoms with E-state index in [1.807, 2.05) is 13.8 Å². The molecule has 0 unspecified atom stereocenters. The normalized spacial score (nSPS) is 12.0. The van der Waals surface area contributed by atoms with E-state index >= 15 is 0 Å². The van der Waals surface area contributed by atoms with Gasteiger partial charge in [0, 0.05) is 25.4 Å². The van der Waals surface area contributed by atoms with Gasteiger partial charge in [0.15, 0.2) is 0 Å². The summed E-state index contributed by atoms with van der Waals surface area (Å²) in [7, 11) is 0. The second-order valence-corrected chi connectivity index (χ2v) is 4.80. The third-order valence-electron chi connectivity index (χ3n) is 2.60. The summed E-state index contributed by atoms with van der Waals surface area (Å²) in [5, 5.41) is 8.79. The summed E-state index contributed by atoms with van der Waals surface area (Å²) < 4.78 is 37.5. The maximum absolute atomic E-state index is 12.5. The molecule has 1 aromatic rings. The van der Waals surface area contributed by atoms with Crippen LogP contribution in [0.1, 0.15) is 25.8 Å². The van der Waals surface area contributed by atoms with Crippen LogP contribution in [-0.4, -0.2) is 29.3 Å². The van der Waals surface area contributed by atoms with Gasteiger partial charge in [-0.3, -0.25) is 0 Å². The van der Waals surface area contributed by atoms with E-state index < -0.39 is 11.7 Å². The molecule has 1 aromatic heterocycles. The molecule has 108 valence electrons. The van der Waals surface area contributed by atoms with Gasteiger partial charge >= 0.3 is 6.18 Å². The summed E-state index contributed by atoms with van der Waals surface area (Å²) in [6, 6.07) is 0.895. The van der Waals surface area contributed by atoms with Crippen molar-refractivity contribution in [1.29, 1.82) is 0 Å². The van der Waals surface area contributed by atoms with Crippen molar-refractivity contribution in [2.75, 3.05) is 18.1 Å². The first kappa shape index (κ1) is 16.0. The van der Waals surface area contributed by atoms with Gasteiger partial charge in [0.1, 0.15) is 5.82 Å². The van der Waals surface area contributed by atoms with Gasteiger partial charge in [0.25, 0.3) is 0 Å². The van der Waals surface area contributed by atoms with Crippen LogP contribution in [0.15, 0.2) is 12.3 Å². The third kappa shape index (κ3) is 4.24. The summed E-state index contributed by atoms with van der Waals surface area (Å²) >= 11 is 5.89. The average Bonchev–Trinajstić information content (AvgIpc) is 2.29. The first-order valence-electron chi connectivity index (χ1n) is 5.87. The van der Waals surface area contributed by atoms with Crippen LogP contribution < -0.4 is 4.90 Å². The number of hydrogen-bond donors (Lipinski definition) is 1. The summed E-state index contributed by atoms with van der Waals surface area (Å²) in [6.07, 6.45) is -3.18. The molecule has 0 bridgehead atoms. The lowest BCUT2D eigenvalue weighted by atomic mass is 10.2. The zero-order valence-electron chi connectivity index (χ0n) is 10.7. The first-order chi connectivity index (χ1) is 8.77. The van der Waals surface area contributed by atoms with Crippen LogP contribution in [0.4, 0.5) is 19.0 Å². The molecule has 0 saturated heterocycles. The van der Waals surface area contributed by atoms with Crippen molar-refractivity contribution in [2.45, 2.75) is 32.5 Å². The molecular formula is C12H16ClF3N2O. The molecule has 0 fully saturated rings. The number of rotatable bonds is 5. The highest BCUT2D eigenvalue weighted by atomic mass is 35.5. The van der Waals surface area contributed by atoms with Crippen LogP contribution in [-0.2, 0) is 6.18 Å². The summed E-state index contributed by atoms with van der Waals surface area (Å²) in [4.78, 5) is 5.57. The van der Waals surface area contributed by atoms with Crippen LogP contribution in [0.3, 0.4) is 0 Å². The van der Waals surface area contributed by atoms with E-state index in [-0.39, 0.29) is 17.7 Å². The molecule has 0 aliphatic rings. The van der Waals surface area contributed by atoms with Gasteiger partial charge in [0.2, 0.25) is 0 Å². The number of hydrogen-bond acceptors (Lipinski definition) is 3. The molecule has 0 aliphatic carbocycles. The Labute approximate surface area is 115 Å². The second kappa shape index (κ2) is 6.43. The molecule has 19 heavy (non-hydrogen) atoms. The lowest BCUT2D eigenvalue weighted by Gasteiger charge is -2.28. The van der Waals surface area contributed by atoms with Gasteiger partial charge in [-0.05, 0) is 26.3 Å². The fourth-order valence-electron chi connectivity index (χ4n) is 1.65.